The molecular formula is C13H25ClN2OS. The molecule has 0 bridgehead atoms. The third-order valence-electron chi connectivity index (χ3n) is 4.01. The Balaban J connectivity index is 0.00000162. The van der Waals surface area contributed by atoms with Crippen LogP contribution in [-0.4, -0.2) is 40.9 Å². The molecule has 0 aromatic rings. The van der Waals surface area contributed by atoms with E-state index in [2.05, 4.69) is 4.90 Å². The van der Waals surface area contributed by atoms with Gasteiger partial charge in [-0.1, -0.05) is 0 Å². The lowest BCUT2D eigenvalue weighted by molar-refractivity contribution is -0.140. The molecule has 0 radical (unpaired) electrons. The number of carbonyl (C=O) groups excluding carboxylic acids is 1. The van der Waals surface area contributed by atoms with Gasteiger partial charge in [-0.15, -0.1) is 12.4 Å². The number of piperidine rings is 1. The molecule has 2 unspecified atom stereocenters. The summed E-state index contributed by atoms with van der Waals surface area (Å²) in [4.78, 5) is 14.6. The van der Waals surface area contributed by atoms with Crippen molar-refractivity contribution in [3.8, 4) is 0 Å². The average molecular weight is 293 g/mol. The summed E-state index contributed by atoms with van der Waals surface area (Å²) in [5.74, 6) is 2.95. The number of carbonyl (C=O) groups is 1. The van der Waals surface area contributed by atoms with Crippen molar-refractivity contribution in [1.29, 1.82) is 0 Å². The molecule has 0 aromatic carbocycles. The first-order valence-electron chi connectivity index (χ1n) is 6.84. The molecule has 2 saturated heterocycles. The van der Waals surface area contributed by atoms with Gasteiger partial charge in [-0.3, -0.25) is 4.79 Å². The Morgan fingerprint density at radius 3 is 2.56 bits per heavy atom. The lowest BCUT2D eigenvalue weighted by Crippen LogP contribution is -2.53. The molecule has 2 aliphatic heterocycles. The van der Waals surface area contributed by atoms with Gasteiger partial charge >= 0.3 is 0 Å². The maximum atomic E-state index is 12.5. The highest BCUT2D eigenvalue weighted by molar-refractivity contribution is 7.99. The van der Waals surface area contributed by atoms with Gasteiger partial charge in [-0.2, -0.15) is 11.8 Å². The van der Waals surface area contributed by atoms with Crippen LogP contribution in [0.25, 0.3) is 0 Å². The van der Waals surface area contributed by atoms with Crippen LogP contribution in [0.5, 0.6) is 0 Å². The Morgan fingerprint density at radius 1 is 1.28 bits per heavy atom. The maximum absolute atomic E-state index is 12.5. The largest absolute Gasteiger partial charge is 0.338 e. The van der Waals surface area contributed by atoms with Crippen molar-refractivity contribution in [2.24, 2.45) is 11.7 Å². The molecule has 2 aliphatic rings. The fourth-order valence-electron chi connectivity index (χ4n) is 2.96. The van der Waals surface area contributed by atoms with Crippen LogP contribution in [0, 0.1) is 5.92 Å². The Morgan fingerprint density at radius 2 is 1.94 bits per heavy atom. The van der Waals surface area contributed by atoms with Crippen LogP contribution in [0.4, 0.5) is 0 Å². The lowest BCUT2D eigenvalue weighted by Gasteiger charge is -2.40. The predicted octanol–water partition coefficient (Wildman–Crippen LogP) is 2.28. The highest BCUT2D eigenvalue weighted by Crippen LogP contribution is 2.28. The second-order valence-corrected chi connectivity index (χ2v) is 6.57. The number of nitrogens with zero attached hydrogens (tertiary/aromatic N) is 1. The summed E-state index contributed by atoms with van der Waals surface area (Å²) in [7, 11) is 0. The molecule has 1 amide bonds. The number of rotatable bonds is 2. The van der Waals surface area contributed by atoms with E-state index in [9.17, 15) is 4.79 Å². The van der Waals surface area contributed by atoms with Crippen molar-refractivity contribution in [3.05, 3.63) is 0 Å². The molecule has 2 N–H and O–H groups in total. The van der Waals surface area contributed by atoms with Gasteiger partial charge < -0.3 is 10.6 Å². The fourth-order valence-corrected chi connectivity index (χ4v) is 4.06. The lowest BCUT2D eigenvalue weighted by atomic mass is 9.93. The number of hydrogen-bond donors (Lipinski definition) is 1. The molecule has 106 valence electrons. The number of hydrogen-bond acceptors (Lipinski definition) is 3. The summed E-state index contributed by atoms with van der Waals surface area (Å²) >= 11 is 1.97. The third kappa shape index (κ3) is 3.78. The number of halogens is 1. The molecule has 0 spiro atoms. The summed E-state index contributed by atoms with van der Waals surface area (Å²) in [6.07, 6.45) is 5.58. The van der Waals surface area contributed by atoms with E-state index < -0.39 is 0 Å². The van der Waals surface area contributed by atoms with Gasteiger partial charge in [-0.25, -0.2) is 0 Å². The van der Waals surface area contributed by atoms with Crippen molar-refractivity contribution >= 4 is 30.1 Å². The van der Waals surface area contributed by atoms with E-state index in [0.29, 0.717) is 5.91 Å². The Kier molecular flexibility index (Phi) is 6.82. The van der Waals surface area contributed by atoms with E-state index in [1.165, 1.54) is 6.42 Å². The van der Waals surface area contributed by atoms with Crippen LogP contribution < -0.4 is 5.73 Å². The van der Waals surface area contributed by atoms with Crippen LogP contribution in [0.15, 0.2) is 0 Å². The molecule has 5 heteroatoms. The molecule has 0 aliphatic carbocycles. The zero-order valence-electron chi connectivity index (χ0n) is 11.1. The van der Waals surface area contributed by atoms with Crippen LogP contribution >= 0.6 is 24.2 Å². The minimum atomic E-state index is 0. The second-order valence-electron chi connectivity index (χ2n) is 5.34. The molecule has 0 aromatic heterocycles. The second kappa shape index (κ2) is 7.61. The number of thioether (sulfide) groups is 1. The Hall–Kier alpha value is 0.0700. The topological polar surface area (TPSA) is 46.3 Å². The Bertz CT molecular complexity index is 270. The zero-order valence-corrected chi connectivity index (χ0v) is 12.8. The van der Waals surface area contributed by atoms with Gasteiger partial charge in [0.1, 0.15) is 0 Å². The molecule has 18 heavy (non-hydrogen) atoms. The SMILES string of the molecule is CC(N)C1CCCCN1C(=O)C1CCSCC1.Cl. The van der Waals surface area contributed by atoms with Crippen molar-refractivity contribution in [2.45, 2.75) is 51.1 Å². The smallest absolute Gasteiger partial charge is 0.226 e. The van der Waals surface area contributed by atoms with Crippen molar-refractivity contribution < 1.29 is 4.79 Å². The summed E-state index contributed by atoms with van der Waals surface area (Å²) < 4.78 is 0. The van der Waals surface area contributed by atoms with E-state index in [1.54, 1.807) is 0 Å². The van der Waals surface area contributed by atoms with Gasteiger partial charge in [0.25, 0.3) is 0 Å². The Labute approximate surface area is 121 Å². The van der Waals surface area contributed by atoms with E-state index in [-0.39, 0.29) is 30.4 Å². The van der Waals surface area contributed by atoms with E-state index in [4.69, 9.17) is 5.73 Å². The molecule has 2 atom stereocenters. The summed E-state index contributed by atoms with van der Waals surface area (Å²) in [5, 5.41) is 0. The number of amides is 1. The predicted molar refractivity (Wildman–Crippen MR) is 80.3 cm³/mol. The minimum absolute atomic E-state index is 0. The molecule has 2 rings (SSSR count). The third-order valence-corrected chi connectivity index (χ3v) is 5.06. The standard InChI is InChI=1S/C13H24N2OS.ClH/c1-10(14)12-4-2-3-7-15(12)13(16)11-5-8-17-9-6-11;/h10-12H,2-9,14H2,1H3;1H. The van der Waals surface area contributed by atoms with Crippen molar-refractivity contribution in [1.82, 2.24) is 4.90 Å². The van der Waals surface area contributed by atoms with E-state index in [0.717, 1.165) is 43.7 Å². The van der Waals surface area contributed by atoms with Crippen LogP contribution in [-0.2, 0) is 4.79 Å². The summed E-state index contributed by atoms with van der Waals surface area (Å²) in [6, 6.07) is 0.392. The van der Waals surface area contributed by atoms with Gasteiger partial charge in [0.2, 0.25) is 5.91 Å². The maximum Gasteiger partial charge on any atom is 0.226 e. The molecule has 3 nitrogen and oxygen atoms in total. The normalized spacial score (nSPS) is 27.4. The number of nitrogens with two attached hydrogens (primary N) is 1. The van der Waals surface area contributed by atoms with E-state index in [1.807, 2.05) is 18.7 Å². The average Bonchev–Trinajstić information content (AvgIpc) is 2.39. The monoisotopic (exact) mass is 292 g/mol. The molecular weight excluding hydrogens is 268 g/mol. The summed E-state index contributed by atoms with van der Waals surface area (Å²) in [5.41, 5.74) is 6.03. The van der Waals surface area contributed by atoms with Crippen molar-refractivity contribution in [3.63, 3.8) is 0 Å². The van der Waals surface area contributed by atoms with Crippen molar-refractivity contribution in [2.75, 3.05) is 18.1 Å². The van der Waals surface area contributed by atoms with Gasteiger partial charge in [-0.05, 0) is 50.5 Å². The quantitative estimate of drug-likeness (QED) is 0.849. The first-order chi connectivity index (χ1) is 8.20. The zero-order chi connectivity index (χ0) is 12.3. The van der Waals surface area contributed by atoms with Crippen LogP contribution in [0.2, 0.25) is 0 Å². The molecule has 2 heterocycles. The highest BCUT2D eigenvalue weighted by Gasteiger charge is 2.33. The van der Waals surface area contributed by atoms with Gasteiger partial charge in [0, 0.05) is 24.5 Å². The number of likely N-dealkylation sites (tertiary alicyclic amines) is 1. The molecule has 0 saturated carbocycles. The first kappa shape index (κ1) is 16.1. The molecule has 2 fully saturated rings. The van der Waals surface area contributed by atoms with Gasteiger partial charge in [0.05, 0.1) is 0 Å². The minimum Gasteiger partial charge on any atom is -0.338 e. The highest BCUT2D eigenvalue weighted by atomic mass is 35.5. The fraction of sp³-hybridized carbons (Fsp3) is 0.923. The van der Waals surface area contributed by atoms with Gasteiger partial charge in [0.15, 0.2) is 0 Å². The first-order valence-corrected chi connectivity index (χ1v) is 7.99. The van der Waals surface area contributed by atoms with Crippen LogP contribution in [0.3, 0.4) is 0 Å². The summed E-state index contributed by atoms with van der Waals surface area (Å²) in [6.45, 7) is 2.96. The van der Waals surface area contributed by atoms with E-state index >= 15 is 0 Å². The van der Waals surface area contributed by atoms with Crippen LogP contribution in [0.1, 0.15) is 39.0 Å².